The number of fused-ring (bicyclic) bond motifs is 1. The van der Waals surface area contributed by atoms with E-state index in [0.717, 1.165) is 4.47 Å². The second-order valence-corrected chi connectivity index (χ2v) is 10.3. The Morgan fingerprint density at radius 3 is 2.57 bits per heavy atom. The zero-order chi connectivity index (χ0) is 26.9. The maximum atomic E-state index is 13.9. The number of allylic oxidation sites excluding steroid dienone is 1. The number of rotatable bonds is 7. The van der Waals surface area contributed by atoms with Crippen molar-refractivity contribution in [3.05, 3.63) is 83.0 Å². The van der Waals surface area contributed by atoms with Crippen molar-refractivity contribution in [2.24, 2.45) is 4.99 Å². The standard InChI is InChI=1S/C27H28BrN3O5S/c1-6-30(7-2)26(34)23-15(3)29-27-31(24(23)19-14-18(35-4)9-11-21(19)36-5)25(33)22(37-27)13-16-12-17(28)8-10-20(16)32/h8-14,24,32H,6-7H2,1-5H3/b22-13+/t24-/m0/s1. The zero-order valence-electron chi connectivity index (χ0n) is 21.2. The number of carbonyl (C=O) groups is 1. The van der Waals surface area contributed by atoms with Crippen LogP contribution in [0.4, 0.5) is 0 Å². The third-order valence-corrected chi connectivity index (χ3v) is 7.79. The summed E-state index contributed by atoms with van der Waals surface area (Å²) in [6.45, 7) is 6.64. The van der Waals surface area contributed by atoms with E-state index in [-0.39, 0.29) is 17.2 Å². The van der Waals surface area contributed by atoms with Gasteiger partial charge < -0.3 is 19.5 Å². The highest BCUT2D eigenvalue weighted by Gasteiger charge is 2.36. The molecule has 0 radical (unpaired) electrons. The van der Waals surface area contributed by atoms with Gasteiger partial charge in [0.05, 0.1) is 30.0 Å². The Bertz CT molecular complexity index is 1570. The van der Waals surface area contributed by atoms with Crippen LogP contribution < -0.4 is 24.4 Å². The summed E-state index contributed by atoms with van der Waals surface area (Å²) < 4.78 is 13.8. The predicted octanol–water partition coefficient (Wildman–Crippen LogP) is 3.59. The van der Waals surface area contributed by atoms with Gasteiger partial charge in [-0.05, 0) is 63.2 Å². The number of likely N-dealkylation sites (N-methyl/N-ethyl adjacent to an activating group) is 1. The molecule has 194 valence electrons. The molecule has 0 fully saturated rings. The molecule has 1 aliphatic rings. The summed E-state index contributed by atoms with van der Waals surface area (Å²) in [6.07, 6.45) is 1.63. The quantitative estimate of drug-likeness (QED) is 0.457. The molecule has 0 aliphatic carbocycles. The normalized spacial score (nSPS) is 15.3. The van der Waals surface area contributed by atoms with Gasteiger partial charge in [-0.3, -0.25) is 14.2 Å². The Kier molecular flexibility index (Phi) is 7.89. The van der Waals surface area contributed by atoms with Gasteiger partial charge >= 0.3 is 0 Å². The van der Waals surface area contributed by atoms with E-state index in [9.17, 15) is 14.7 Å². The summed E-state index contributed by atoms with van der Waals surface area (Å²) >= 11 is 4.61. The minimum Gasteiger partial charge on any atom is -0.507 e. The second-order valence-electron chi connectivity index (χ2n) is 8.37. The highest BCUT2D eigenvalue weighted by atomic mass is 79.9. The maximum Gasteiger partial charge on any atom is 0.271 e. The van der Waals surface area contributed by atoms with Crippen LogP contribution in [-0.2, 0) is 4.79 Å². The molecule has 1 amide bonds. The van der Waals surface area contributed by atoms with Crippen LogP contribution in [0.15, 0.2) is 61.9 Å². The van der Waals surface area contributed by atoms with Crippen LogP contribution in [0.2, 0.25) is 0 Å². The molecule has 10 heteroatoms. The fraction of sp³-hybridized carbons (Fsp3) is 0.296. The molecule has 8 nitrogen and oxygen atoms in total. The minimum absolute atomic E-state index is 0.0497. The van der Waals surface area contributed by atoms with Crippen molar-refractivity contribution >= 4 is 39.2 Å². The first kappa shape index (κ1) is 26.7. The SMILES string of the molecule is CCN(CC)C(=O)C1=C(C)N=c2s/c(=C/c3cc(Br)ccc3O)c(=O)n2[C@H]1c1cc(OC)ccc1OC. The van der Waals surface area contributed by atoms with E-state index >= 15 is 0 Å². The molecule has 0 saturated heterocycles. The third kappa shape index (κ3) is 4.95. The predicted molar refractivity (Wildman–Crippen MR) is 147 cm³/mol. The molecule has 2 aromatic carbocycles. The van der Waals surface area contributed by atoms with Crippen molar-refractivity contribution in [1.29, 1.82) is 0 Å². The third-order valence-electron chi connectivity index (χ3n) is 6.31. The van der Waals surface area contributed by atoms with E-state index in [4.69, 9.17) is 9.47 Å². The van der Waals surface area contributed by atoms with E-state index < -0.39 is 6.04 Å². The lowest BCUT2D eigenvalue weighted by Crippen LogP contribution is -2.43. The monoisotopic (exact) mass is 585 g/mol. The molecule has 3 aromatic rings. The van der Waals surface area contributed by atoms with Crippen molar-refractivity contribution in [2.75, 3.05) is 27.3 Å². The molecule has 1 atom stereocenters. The van der Waals surface area contributed by atoms with Crippen molar-refractivity contribution < 1.29 is 19.4 Å². The number of methoxy groups -OCH3 is 2. The summed E-state index contributed by atoms with van der Waals surface area (Å²) in [6, 6.07) is 9.54. The lowest BCUT2D eigenvalue weighted by atomic mass is 9.93. The van der Waals surface area contributed by atoms with Crippen molar-refractivity contribution in [1.82, 2.24) is 9.47 Å². The van der Waals surface area contributed by atoms with E-state index in [1.807, 2.05) is 13.8 Å². The summed E-state index contributed by atoms with van der Waals surface area (Å²) in [5, 5.41) is 10.3. The fourth-order valence-corrected chi connectivity index (χ4v) is 5.82. The van der Waals surface area contributed by atoms with Gasteiger partial charge in [-0.15, -0.1) is 0 Å². The molecule has 0 bridgehead atoms. The van der Waals surface area contributed by atoms with Gasteiger partial charge in [-0.25, -0.2) is 4.99 Å². The van der Waals surface area contributed by atoms with E-state index in [1.54, 1.807) is 68.5 Å². The second kappa shape index (κ2) is 10.9. The number of hydrogen-bond acceptors (Lipinski definition) is 7. The molecule has 1 aromatic heterocycles. The van der Waals surface area contributed by atoms with Crippen LogP contribution in [-0.4, -0.2) is 47.8 Å². The number of halogens is 1. The van der Waals surface area contributed by atoms with Gasteiger partial charge in [0, 0.05) is 28.7 Å². The molecule has 0 saturated carbocycles. The van der Waals surface area contributed by atoms with Gasteiger partial charge in [0.1, 0.15) is 23.3 Å². The number of phenolic OH excluding ortho intramolecular Hbond substituents is 1. The molecular weight excluding hydrogens is 558 g/mol. The summed E-state index contributed by atoms with van der Waals surface area (Å²) in [7, 11) is 3.11. The van der Waals surface area contributed by atoms with Crippen LogP contribution in [0.25, 0.3) is 6.08 Å². The summed E-state index contributed by atoms with van der Waals surface area (Å²) in [5.41, 5.74) is 1.72. The average molecular weight is 587 g/mol. The van der Waals surface area contributed by atoms with Crippen LogP contribution in [0.1, 0.15) is 37.9 Å². The number of aromatic nitrogens is 1. The number of benzene rings is 2. The first-order chi connectivity index (χ1) is 17.7. The molecular formula is C27H28BrN3O5S. The van der Waals surface area contributed by atoms with Crippen LogP contribution in [0.5, 0.6) is 17.2 Å². The van der Waals surface area contributed by atoms with Crippen LogP contribution in [0, 0.1) is 0 Å². The number of ether oxygens (including phenoxy) is 2. The van der Waals surface area contributed by atoms with Crippen molar-refractivity contribution in [3.63, 3.8) is 0 Å². The number of aromatic hydroxyl groups is 1. The molecule has 4 rings (SSSR count). The molecule has 0 unspecified atom stereocenters. The molecule has 2 heterocycles. The Hall–Kier alpha value is -3.37. The lowest BCUT2D eigenvalue weighted by Gasteiger charge is -2.30. The Labute approximate surface area is 226 Å². The topological polar surface area (TPSA) is 93.4 Å². The van der Waals surface area contributed by atoms with E-state index in [2.05, 4.69) is 20.9 Å². The first-order valence-corrected chi connectivity index (χ1v) is 13.4. The van der Waals surface area contributed by atoms with Gasteiger partial charge in [0.2, 0.25) is 0 Å². The van der Waals surface area contributed by atoms with Gasteiger partial charge in [-0.1, -0.05) is 27.3 Å². The number of nitrogens with zero attached hydrogens (tertiary/aromatic N) is 3. The number of phenols is 1. The van der Waals surface area contributed by atoms with E-state index in [0.29, 0.717) is 56.3 Å². The molecule has 37 heavy (non-hydrogen) atoms. The number of carbonyl (C=O) groups excluding carboxylic acids is 1. The Morgan fingerprint density at radius 2 is 1.92 bits per heavy atom. The van der Waals surface area contributed by atoms with Gasteiger partial charge in [0.25, 0.3) is 11.5 Å². The van der Waals surface area contributed by atoms with Crippen LogP contribution in [0.3, 0.4) is 0 Å². The Morgan fingerprint density at radius 1 is 1.19 bits per heavy atom. The Balaban J connectivity index is 2.05. The molecule has 0 spiro atoms. The van der Waals surface area contributed by atoms with Gasteiger partial charge in [0.15, 0.2) is 4.80 Å². The van der Waals surface area contributed by atoms with E-state index in [1.165, 1.54) is 15.9 Å². The smallest absolute Gasteiger partial charge is 0.271 e. The molecule has 1 aliphatic heterocycles. The lowest BCUT2D eigenvalue weighted by molar-refractivity contribution is -0.127. The zero-order valence-corrected chi connectivity index (χ0v) is 23.6. The first-order valence-electron chi connectivity index (χ1n) is 11.8. The average Bonchev–Trinajstić information content (AvgIpc) is 3.19. The van der Waals surface area contributed by atoms with Crippen LogP contribution >= 0.6 is 27.3 Å². The number of hydrogen-bond donors (Lipinski definition) is 1. The summed E-state index contributed by atoms with van der Waals surface area (Å²) in [5.74, 6) is 0.944. The van der Waals surface area contributed by atoms with Crippen molar-refractivity contribution in [2.45, 2.75) is 26.8 Å². The highest BCUT2D eigenvalue weighted by Crippen LogP contribution is 2.38. The number of thiazole rings is 1. The maximum absolute atomic E-state index is 13.9. The fourth-order valence-electron chi connectivity index (χ4n) is 4.41. The highest BCUT2D eigenvalue weighted by molar-refractivity contribution is 9.10. The van der Waals surface area contributed by atoms with Gasteiger partial charge in [-0.2, -0.15) is 0 Å². The molecule has 1 N–H and O–H groups in total. The van der Waals surface area contributed by atoms with Crippen molar-refractivity contribution in [3.8, 4) is 17.2 Å². The number of amides is 1. The summed E-state index contributed by atoms with van der Waals surface area (Å²) in [4.78, 5) is 34.5. The largest absolute Gasteiger partial charge is 0.507 e. The minimum atomic E-state index is -0.785.